The van der Waals surface area contributed by atoms with Gasteiger partial charge in [-0.15, -0.1) is 11.8 Å². The van der Waals surface area contributed by atoms with Crippen LogP contribution in [0.25, 0.3) is 6.08 Å². The second kappa shape index (κ2) is 14.0. The molecule has 0 saturated carbocycles. The van der Waals surface area contributed by atoms with Crippen molar-refractivity contribution < 1.29 is 14.4 Å². The van der Waals surface area contributed by atoms with Gasteiger partial charge in [0.05, 0.1) is 5.25 Å². The maximum Gasteiger partial charge on any atom is 0.272 e. The lowest BCUT2D eigenvalue weighted by Gasteiger charge is -2.14. The first-order valence-corrected chi connectivity index (χ1v) is 14.5. The molecule has 0 spiro atoms. The minimum absolute atomic E-state index is 0.0938. The first-order chi connectivity index (χ1) is 19.3. The number of nitrogens with one attached hydrogen (secondary N) is 3. The predicted octanol–water partition coefficient (Wildman–Crippen LogP) is 7.13. The van der Waals surface area contributed by atoms with Gasteiger partial charge in [-0.25, -0.2) is 0 Å². The molecule has 1 unspecified atom stereocenters. The molecule has 0 aromatic heterocycles. The Morgan fingerprint density at radius 3 is 2.12 bits per heavy atom. The molecule has 0 aliphatic heterocycles. The van der Waals surface area contributed by atoms with Gasteiger partial charge in [0.15, 0.2) is 0 Å². The molecule has 6 nitrogen and oxygen atoms in total. The van der Waals surface area contributed by atoms with Gasteiger partial charge in [0.2, 0.25) is 5.91 Å². The summed E-state index contributed by atoms with van der Waals surface area (Å²) in [5.74, 6) is -0.918. The molecule has 0 fully saturated rings. The van der Waals surface area contributed by atoms with Gasteiger partial charge in [-0.3, -0.25) is 14.4 Å². The summed E-state index contributed by atoms with van der Waals surface area (Å²) in [6.45, 7) is 3.81. The zero-order chi connectivity index (χ0) is 28.5. The van der Waals surface area contributed by atoms with Gasteiger partial charge < -0.3 is 16.0 Å². The van der Waals surface area contributed by atoms with E-state index in [1.54, 1.807) is 42.5 Å². The SMILES string of the molecule is Cc1cccc(/C=C(\NC(=O)c2ccccc2)C(=O)Nc2ccc(SC(C)C(=O)Nc3ccc(I)cc3)cc2)c1. The Morgan fingerprint density at radius 2 is 1.45 bits per heavy atom. The van der Waals surface area contributed by atoms with Crippen LogP contribution in [0.2, 0.25) is 0 Å². The van der Waals surface area contributed by atoms with Crippen LogP contribution in [-0.2, 0) is 9.59 Å². The molecule has 4 aromatic carbocycles. The number of hydrogen-bond donors (Lipinski definition) is 3. The summed E-state index contributed by atoms with van der Waals surface area (Å²) in [6, 6.07) is 31.3. The highest BCUT2D eigenvalue weighted by atomic mass is 127. The van der Waals surface area contributed by atoms with Gasteiger partial charge in [-0.2, -0.15) is 0 Å². The highest BCUT2D eigenvalue weighted by Gasteiger charge is 2.17. The van der Waals surface area contributed by atoms with E-state index in [0.717, 1.165) is 25.3 Å². The lowest BCUT2D eigenvalue weighted by Crippen LogP contribution is -2.30. The van der Waals surface area contributed by atoms with Crippen molar-refractivity contribution in [2.45, 2.75) is 24.0 Å². The third kappa shape index (κ3) is 8.56. The van der Waals surface area contributed by atoms with E-state index in [-0.39, 0.29) is 22.8 Å². The van der Waals surface area contributed by atoms with Crippen LogP contribution in [0, 0.1) is 10.5 Å². The summed E-state index contributed by atoms with van der Waals surface area (Å²) in [5, 5.41) is 8.22. The topological polar surface area (TPSA) is 87.3 Å². The molecule has 202 valence electrons. The van der Waals surface area contributed by atoms with Crippen LogP contribution in [0.15, 0.2) is 114 Å². The zero-order valence-electron chi connectivity index (χ0n) is 22.0. The van der Waals surface area contributed by atoms with Crippen molar-refractivity contribution in [3.8, 4) is 0 Å². The van der Waals surface area contributed by atoms with Gasteiger partial charge >= 0.3 is 0 Å². The standard InChI is InChI=1S/C32H28IN3O3S/c1-21-7-6-8-23(19-21)20-29(36-31(38)24-9-4-3-5-10-24)32(39)35-27-15-17-28(18-16-27)40-22(2)30(37)34-26-13-11-25(33)12-14-26/h3-20,22H,1-2H3,(H,34,37)(H,35,39)(H,36,38)/b29-20-. The third-order valence-corrected chi connectivity index (χ3v) is 7.62. The number of hydrogen-bond acceptors (Lipinski definition) is 4. The fourth-order valence-electron chi connectivity index (χ4n) is 3.72. The van der Waals surface area contributed by atoms with Crippen molar-refractivity contribution in [3.05, 3.63) is 129 Å². The zero-order valence-corrected chi connectivity index (χ0v) is 25.0. The lowest BCUT2D eigenvalue weighted by molar-refractivity contribution is -0.115. The third-order valence-electron chi connectivity index (χ3n) is 5.79. The van der Waals surface area contributed by atoms with E-state index in [0.29, 0.717) is 11.3 Å². The number of thioether (sulfide) groups is 1. The van der Waals surface area contributed by atoms with E-state index in [2.05, 4.69) is 38.5 Å². The van der Waals surface area contributed by atoms with Crippen molar-refractivity contribution in [2.75, 3.05) is 10.6 Å². The van der Waals surface area contributed by atoms with E-state index in [4.69, 9.17) is 0 Å². The summed E-state index contributed by atoms with van der Waals surface area (Å²) in [5.41, 5.74) is 3.73. The maximum atomic E-state index is 13.3. The minimum atomic E-state index is -0.448. The van der Waals surface area contributed by atoms with E-state index >= 15 is 0 Å². The number of carbonyl (C=O) groups excluding carboxylic acids is 3. The van der Waals surface area contributed by atoms with E-state index in [1.807, 2.05) is 80.6 Å². The summed E-state index contributed by atoms with van der Waals surface area (Å²) < 4.78 is 1.10. The maximum absolute atomic E-state index is 13.3. The lowest BCUT2D eigenvalue weighted by atomic mass is 10.1. The number of halogens is 1. The molecule has 3 N–H and O–H groups in total. The van der Waals surface area contributed by atoms with Crippen molar-refractivity contribution in [2.24, 2.45) is 0 Å². The number of benzene rings is 4. The fraction of sp³-hybridized carbons (Fsp3) is 0.0938. The Hall–Kier alpha value is -3.89. The van der Waals surface area contributed by atoms with Gasteiger partial charge in [-0.05, 0) is 109 Å². The smallest absolute Gasteiger partial charge is 0.272 e. The normalized spacial score (nSPS) is 11.8. The Balaban J connectivity index is 1.42. The summed E-state index contributed by atoms with van der Waals surface area (Å²) in [4.78, 5) is 39.6. The van der Waals surface area contributed by atoms with Crippen LogP contribution in [0.5, 0.6) is 0 Å². The van der Waals surface area contributed by atoms with Crippen LogP contribution in [0.1, 0.15) is 28.4 Å². The number of aryl methyl sites for hydroxylation is 1. The van der Waals surface area contributed by atoms with E-state index in [1.165, 1.54) is 11.8 Å². The Labute approximate surface area is 251 Å². The molecule has 4 rings (SSSR count). The molecule has 0 bridgehead atoms. The Morgan fingerprint density at radius 1 is 0.800 bits per heavy atom. The number of carbonyl (C=O) groups is 3. The molecule has 0 aliphatic rings. The number of rotatable bonds is 9. The summed E-state index contributed by atoms with van der Waals surface area (Å²) >= 11 is 3.64. The molecular weight excluding hydrogens is 633 g/mol. The first-order valence-electron chi connectivity index (χ1n) is 12.6. The van der Waals surface area contributed by atoms with Crippen LogP contribution in [0.4, 0.5) is 11.4 Å². The molecule has 0 radical (unpaired) electrons. The van der Waals surface area contributed by atoms with Gasteiger partial charge in [-0.1, -0.05) is 48.0 Å². The quantitative estimate of drug-likeness (QED) is 0.101. The van der Waals surface area contributed by atoms with Crippen LogP contribution < -0.4 is 16.0 Å². The average Bonchev–Trinajstić information content (AvgIpc) is 2.95. The molecule has 1 atom stereocenters. The second-order valence-electron chi connectivity index (χ2n) is 9.03. The molecule has 4 aromatic rings. The number of anilines is 2. The van der Waals surface area contributed by atoms with E-state index in [9.17, 15) is 14.4 Å². The molecule has 3 amide bonds. The molecular formula is C32H28IN3O3S. The van der Waals surface area contributed by atoms with E-state index < -0.39 is 5.91 Å². The highest BCUT2D eigenvalue weighted by Crippen LogP contribution is 2.26. The van der Waals surface area contributed by atoms with Gasteiger partial charge in [0.1, 0.15) is 5.70 Å². The fourth-order valence-corrected chi connectivity index (χ4v) is 4.95. The van der Waals surface area contributed by atoms with Crippen LogP contribution in [-0.4, -0.2) is 23.0 Å². The molecule has 0 heterocycles. The van der Waals surface area contributed by atoms with Crippen LogP contribution in [0.3, 0.4) is 0 Å². The molecule has 0 aliphatic carbocycles. The van der Waals surface area contributed by atoms with Gasteiger partial charge in [0, 0.05) is 25.4 Å². The Kier molecular flexibility index (Phi) is 10.2. The Bertz CT molecular complexity index is 1520. The van der Waals surface area contributed by atoms with Gasteiger partial charge in [0.25, 0.3) is 11.8 Å². The summed E-state index contributed by atoms with van der Waals surface area (Å²) in [6.07, 6.45) is 1.65. The minimum Gasteiger partial charge on any atom is -0.325 e. The van der Waals surface area contributed by atoms with Crippen LogP contribution >= 0.6 is 34.4 Å². The largest absolute Gasteiger partial charge is 0.325 e. The van der Waals surface area contributed by atoms with Crippen molar-refractivity contribution in [1.82, 2.24) is 5.32 Å². The molecule has 40 heavy (non-hydrogen) atoms. The van der Waals surface area contributed by atoms with Crippen molar-refractivity contribution in [1.29, 1.82) is 0 Å². The molecule has 0 saturated heterocycles. The summed E-state index contributed by atoms with van der Waals surface area (Å²) in [7, 11) is 0. The highest BCUT2D eigenvalue weighted by molar-refractivity contribution is 14.1. The van der Waals surface area contributed by atoms with Crippen molar-refractivity contribution in [3.63, 3.8) is 0 Å². The first kappa shape index (κ1) is 29.1. The second-order valence-corrected chi connectivity index (χ2v) is 11.7. The van der Waals surface area contributed by atoms with Crippen molar-refractivity contribution >= 4 is 69.5 Å². The average molecular weight is 662 g/mol. The molecule has 8 heteroatoms. The predicted molar refractivity (Wildman–Crippen MR) is 171 cm³/mol. The number of amides is 3. The monoisotopic (exact) mass is 661 g/mol.